The number of nitrogens with one attached hydrogen (secondary N) is 1. The van der Waals surface area contributed by atoms with Crippen LogP contribution in [0.1, 0.15) is 32.6 Å². The van der Waals surface area contributed by atoms with Gasteiger partial charge in [0, 0.05) is 12.5 Å². The number of rotatable bonds is 7. The van der Waals surface area contributed by atoms with E-state index in [1.54, 1.807) is 0 Å². The molecule has 0 aliphatic carbocycles. The van der Waals surface area contributed by atoms with Crippen molar-refractivity contribution in [3.63, 3.8) is 0 Å². The van der Waals surface area contributed by atoms with Gasteiger partial charge in [0.25, 0.3) is 0 Å². The molecule has 1 amide bonds. The molecule has 3 N–H and O–H groups in total. The van der Waals surface area contributed by atoms with E-state index >= 15 is 0 Å². The van der Waals surface area contributed by atoms with Gasteiger partial charge in [0.1, 0.15) is 0 Å². The molecule has 4 heteroatoms. The molecule has 0 aliphatic heterocycles. The molecule has 0 aromatic heterocycles. The molecule has 0 bridgehead atoms. The highest BCUT2D eigenvalue weighted by molar-refractivity contribution is 5.73. The van der Waals surface area contributed by atoms with Crippen LogP contribution >= 0.6 is 0 Å². The molecular weight excluding hydrogens is 166 g/mol. The maximum absolute atomic E-state index is 10.4. The molecule has 0 aromatic carbocycles. The van der Waals surface area contributed by atoms with E-state index < -0.39 is 0 Å². The van der Waals surface area contributed by atoms with E-state index in [4.69, 9.17) is 11.0 Å². The van der Waals surface area contributed by atoms with Gasteiger partial charge in [-0.2, -0.15) is 5.26 Å². The Kier molecular flexibility index (Phi) is 6.93. The molecule has 0 rings (SSSR count). The summed E-state index contributed by atoms with van der Waals surface area (Å²) in [7, 11) is 0. The van der Waals surface area contributed by atoms with Gasteiger partial charge in [-0.1, -0.05) is 6.92 Å². The second-order valence-corrected chi connectivity index (χ2v) is 2.99. The normalized spacial score (nSPS) is 12.0. The van der Waals surface area contributed by atoms with Crippen molar-refractivity contribution in [3.05, 3.63) is 0 Å². The topological polar surface area (TPSA) is 78.9 Å². The summed E-state index contributed by atoms with van der Waals surface area (Å²) in [4.78, 5) is 10.4. The molecule has 0 saturated heterocycles. The number of nitrogens with zero attached hydrogens (tertiary/aromatic N) is 1. The zero-order chi connectivity index (χ0) is 10.1. The third-order valence-corrected chi connectivity index (χ3v) is 1.86. The van der Waals surface area contributed by atoms with Gasteiger partial charge in [0.2, 0.25) is 5.91 Å². The lowest BCUT2D eigenvalue weighted by molar-refractivity contribution is -0.118. The van der Waals surface area contributed by atoms with Crippen LogP contribution in [0.5, 0.6) is 0 Å². The van der Waals surface area contributed by atoms with E-state index in [1.165, 1.54) is 0 Å². The Morgan fingerprint density at radius 3 is 2.85 bits per heavy atom. The molecule has 13 heavy (non-hydrogen) atoms. The molecule has 0 heterocycles. The zero-order valence-electron chi connectivity index (χ0n) is 8.05. The van der Waals surface area contributed by atoms with Crippen LogP contribution < -0.4 is 11.1 Å². The van der Waals surface area contributed by atoms with Crippen LogP contribution in [0.15, 0.2) is 0 Å². The number of hydrogen-bond donors (Lipinski definition) is 2. The average Bonchev–Trinajstić information content (AvgIpc) is 2.10. The fraction of sp³-hybridized carbons (Fsp3) is 0.778. The van der Waals surface area contributed by atoms with Gasteiger partial charge in [-0.3, -0.25) is 4.79 Å². The van der Waals surface area contributed by atoms with Gasteiger partial charge in [-0.05, 0) is 19.4 Å². The molecule has 0 fully saturated rings. The predicted octanol–water partition coefficient (Wildman–Crippen LogP) is 0.534. The monoisotopic (exact) mass is 183 g/mol. The zero-order valence-corrected chi connectivity index (χ0v) is 8.05. The third kappa shape index (κ3) is 7.29. The van der Waals surface area contributed by atoms with Crippen molar-refractivity contribution in [1.29, 1.82) is 5.26 Å². The molecule has 74 valence electrons. The second kappa shape index (κ2) is 7.56. The van der Waals surface area contributed by atoms with E-state index in [-0.39, 0.29) is 11.9 Å². The highest BCUT2D eigenvalue weighted by Gasteiger charge is 2.03. The quantitative estimate of drug-likeness (QED) is 0.565. The lowest BCUT2D eigenvalue weighted by Gasteiger charge is -2.12. The maximum atomic E-state index is 10.4. The molecule has 4 nitrogen and oxygen atoms in total. The summed E-state index contributed by atoms with van der Waals surface area (Å²) in [5, 5.41) is 11.6. The lowest BCUT2D eigenvalue weighted by Crippen LogP contribution is -2.29. The standard InChI is InChI=1S/C9H17N3O/c1-2-8(5-6-10)12-7-3-4-9(11)13/h8,12H,2-5,7H2,1H3,(H2,11,13). The molecule has 1 unspecified atom stereocenters. The van der Waals surface area contributed by atoms with Crippen molar-refractivity contribution in [3.8, 4) is 6.07 Å². The van der Waals surface area contributed by atoms with Crippen LogP contribution in [0, 0.1) is 11.3 Å². The van der Waals surface area contributed by atoms with Gasteiger partial charge in [0.15, 0.2) is 0 Å². The Bertz CT molecular complexity index is 186. The van der Waals surface area contributed by atoms with Gasteiger partial charge in [-0.15, -0.1) is 0 Å². The first-order valence-electron chi connectivity index (χ1n) is 4.59. The number of primary amides is 1. The lowest BCUT2D eigenvalue weighted by atomic mass is 10.1. The first-order valence-corrected chi connectivity index (χ1v) is 4.59. The molecular formula is C9H17N3O. The Balaban J connectivity index is 3.39. The Morgan fingerprint density at radius 1 is 1.69 bits per heavy atom. The highest BCUT2D eigenvalue weighted by atomic mass is 16.1. The largest absolute Gasteiger partial charge is 0.370 e. The summed E-state index contributed by atoms with van der Waals surface area (Å²) in [5.74, 6) is -0.268. The Morgan fingerprint density at radius 2 is 2.38 bits per heavy atom. The number of carbonyl (C=O) groups is 1. The van der Waals surface area contributed by atoms with Crippen LogP contribution in [0.25, 0.3) is 0 Å². The van der Waals surface area contributed by atoms with Crippen LogP contribution in [0.4, 0.5) is 0 Å². The fourth-order valence-corrected chi connectivity index (χ4v) is 1.04. The average molecular weight is 183 g/mol. The first-order chi connectivity index (χ1) is 6.20. The molecule has 0 saturated carbocycles. The van der Waals surface area contributed by atoms with E-state index in [0.29, 0.717) is 12.8 Å². The molecule has 0 aromatic rings. The molecule has 0 radical (unpaired) electrons. The predicted molar refractivity (Wildman–Crippen MR) is 50.7 cm³/mol. The summed E-state index contributed by atoms with van der Waals surface area (Å²) >= 11 is 0. The maximum Gasteiger partial charge on any atom is 0.217 e. The number of carbonyl (C=O) groups excluding carboxylic acids is 1. The van der Waals surface area contributed by atoms with Crippen molar-refractivity contribution < 1.29 is 4.79 Å². The minimum atomic E-state index is -0.268. The van der Waals surface area contributed by atoms with E-state index in [0.717, 1.165) is 19.4 Å². The van der Waals surface area contributed by atoms with Crippen LogP contribution in [0.3, 0.4) is 0 Å². The highest BCUT2D eigenvalue weighted by Crippen LogP contribution is 1.96. The summed E-state index contributed by atoms with van der Waals surface area (Å²) < 4.78 is 0. The number of hydrogen-bond acceptors (Lipinski definition) is 3. The van der Waals surface area contributed by atoms with Crippen LogP contribution in [-0.4, -0.2) is 18.5 Å². The van der Waals surface area contributed by atoms with E-state index in [1.807, 2.05) is 6.92 Å². The first kappa shape index (κ1) is 11.9. The smallest absolute Gasteiger partial charge is 0.217 e. The molecule has 0 aliphatic rings. The molecule has 1 atom stereocenters. The van der Waals surface area contributed by atoms with E-state index in [2.05, 4.69) is 11.4 Å². The van der Waals surface area contributed by atoms with Crippen LogP contribution in [-0.2, 0) is 4.79 Å². The Hall–Kier alpha value is -1.08. The van der Waals surface area contributed by atoms with Gasteiger partial charge >= 0.3 is 0 Å². The molecule has 0 spiro atoms. The number of nitrogens with two attached hydrogens (primary N) is 1. The van der Waals surface area contributed by atoms with Gasteiger partial charge < -0.3 is 11.1 Å². The number of nitriles is 1. The fourth-order valence-electron chi connectivity index (χ4n) is 1.04. The SMILES string of the molecule is CCC(CC#N)NCCCC(N)=O. The van der Waals surface area contributed by atoms with Crippen molar-refractivity contribution in [2.45, 2.75) is 38.6 Å². The number of amides is 1. The summed E-state index contributed by atoms with van der Waals surface area (Å²) in [6, 6.07) is 2.36. The van der Waals surface area contributed by atoms with Crippen LogP contribution in [0.2, 0.25) is 0 Å². The van der Waals surface area contributed by atoms with Gasteiger partial charge in [-0.25, -0.2) is 0 Å². The van der Waals surface area contributed by atoms with Crippen molar-refractivity contribution in [2.75, 3.05) is 6.54 Å². The van der Waals surface area contributed by atoms with Crippen molar-refractivity contribution >= 4 is 5.91 Å². The van der Waals surface area contributed by atoms with Crippen molar-refractivity contribution in [2.24, 2.45) is 5.73 Å². The Labute approximate surface area is 79.1 Å². The minimum absolute atomic E-state index is 0.248. The van der Waals surface area contributed by atoms with E-state index in [9.17, 15) is 4.79 Å². The van der Waals surface area contributed by atoms with Crippen molar-refractivity contribution in [1.82, 2.24) is 5.32 Å². The summed E-state index contributed by atoms with van der Waals surface area (Å²) in [6.07, 6.45) is 2.62. The third-order valence-electron chi connectivity index (χ3n) is 1.86. The minimum Gasteiger partial charge on any atom is -0.370 e. The summed E-state index contributed by atoms with van der Waals surface area (Å²) in [5.41, 5.74) is 4.98. The summed E-state index contributed by atoms with van der Waals surface area (Å²) in [6.45, 7) is 2.78. The van der Waals surface area contributed by atoms with Gasteiger partial charge in [0.05, 0.1) is 12.5 Å². The second-order valence-electron chi connectivity index (χ2n) is 2.99.